The Morgan fingerprint density at radius 3 is 2.42 bits per heavy atom. The Bertz CT molecular complexity index is 639. The number of aliphatic hydroxyl groups is 1. The van der Waals surface area contributed by atoms with Gasteiger partial charge in [0.25, 0.3) is 0 Å². The van der Waals surface area contributed by atoms with Crippen molar-refractivity contribution in [3.63, 3.8) is 0 Å². The molecule has 0 aromatic rings. The van der Waals surface area contributed by atoms with Crippen molar-refractivity contribution in [2.75, 3.05) is 0 Å². The molecule has 0 saturated heterocycles. The van der Waals surface area contributed by atoms with E-state index in [4.69, 9.17) is 0 Å². The molecule has 3 fully saturated rings. The van der Waals surface area contributed by atoms with Crippen molar-refractivity contribution >= 4 is 0 Å². The number of allylic oxidation sites excluding steroid dienone is 1. The second-order valence-corrected chi connectivity index (χ2v) is 12.9. The lowest BCUT2D eigenvalue weighted by Gasteiger charge is -2.58. The van der Waals surface area contributed by atoms with Gasteiger partial charge in [-0.05, 0) is 110 Å². The van der Waals surface area contributed by atoms with E-state index in [1.54, 1.807) is 5.57 Å². The maximum Gasteiger partial charge on any atom is 0.0577 e. The SMILES string of the molecule is CC[C@H](CC[C@@H](C)[C@H]1CC[C@H]2[C@@H]3CC=C4C[C@@H](O)CC[C@]4(C)[C@H]3CC[C@]12C)C(C)C.O. The van der Waals surface area contributed by atoms with E-state index < -0.39 is 0 Å². The lowest BCUT2D eigenvalue weighted by atomic mass is 9.47. The highest BCUT2D eigenvalue weighted by Crippen LogP contribution is 2.67. The Labute approximate surface area is 193 Å². The van der Waals surface area contributed by atoms with E-state index in [0.29, 0.717) is 10.8 Å². The molecule has 2 nitrogen and oxygen atoms in total. The van der Waals surface area contributed by atoms with Crippen molar-refractivity contribution in [2.45, 2.75) is 118 Å². The zero-order valence-electron chi connectivity index (χ0n) is 21.4. The van der Waals surface area contributed by atoms with Gasteiger partial charge < -0.3 is 10.6 Å². The zero-order valence-corrected chi connectivity index (χ0v) is 21.4. The van der Waals surface area contributed by atoms with Gasteiger partial charge in [0.1, 0.15) is 0 Å². The summed E-state index contributed by atoms with van der Waals surface area (Å²) >= 11 is 0. The lowest BCUT2D eigenvalue weighted by Crippen LogP contribution is -2.50. The Hall–Kier alpha value is -0.340. The molecule has 9 atom stereocenters. The monoisotopic (exact) mass is 432 g/mol. The normalized spacial score (nSPS) is 43.9. The molecule has 2 heteroatoms. The van der Waals surface area contributed by atoms with E-state index >= 15 is 0 Å². The second-order valence-electron chi connectivity index (χ2n) is 12.9. The summed E-state index contributed by atoms with van der Waals surface area (Å²) in [5, 5.41) is 10.2. The second kappa shape index (κ2) is 9.49. The van der Waals surface area contributed by atoms with Crippen LogP contribution in [-0.4, -0.2) is 16.7 Å². The standard InChI is InChI=1S/C29H50O.H2O/c1-7-21(19(2)3)9-8-20(4)25-12-13-26-24-11-10-22-18-23(30)14-16-28(22,5)27(24)15-17-29(25,26)6;/h10,19-21,23-27,30H,7-9,11-18H2,1-6H3;1H2/t20-,21-,23+,24+,25-,26+,27+,28+,29-;/m1./s1. The highest BCUT2D eigenvalue weighted by Gasteiger charge is 2.59. The highest BCUT2D eigenvalue weighted by molar-refractivity contribution is 5.25. The summed E-state index contributed by atoms with van der Waals surface area (Å²) in [7, 11) is 0. The average Bonchev–Trinajstić information content (AvgIpc) is 3.06. The zero-order chi connectivity index (χ0) is 21.7. The maximum absolute atomic E-state index is 10.2. The molecule has 0 spiro atoms. The van der Waals surface area contributed by atoms with E-state index in [-0.39, 0.29) is 11.6 Å². The van der Waals surface area contributed by atoms with Gasteiger partial charge in [0.05, 0.1) is 6.10 Å². The van der Waals surface area contributed by atoms with E-state index in [1.807, 2.05) is 0 Å². The smallest absolute Gasteiger partial charge is 0.0577 e. The summed E-state index contributed by atoms with van der Waals surface area (Å²) in [6.45, 7) is 15.1. The first-order valence-corrected chi connectivity index (χ1v) is 13.6. The highest BCUT2D eigenvalue weighted by atomic mass is 16.3. The molecule has 0 unspecified atom stereocenters. The van der Waals surface area contributed by atoms with Gasteiger partial charge in [0, 0.05) is 0 Å². The van der Waals surface area contributed by atoms with Crippen LogP contribution in [0.2, 0.25) is 0 Å². The van der Waals surface area contributed by atoms with E-state index in [2.05, 4.69) is 47.6 Å². The summed E-state index contributed by atoms with van der Waals surface area (Å²) in [4.78, 5) is 0. The fourth-order valence-corrected chi connectivity index (χ4v) is 9.30. The minimum Gasteiger partial charge on any atom is -0.412 e. The minimum absolute atomic E-state index is 0. The molecule has 4 aliphatic rings. The van der Waals surface area contributed by atoms with Crippen molar-refractivity contribution in [2.24, 2.45) is 52.3 Å². The van der Waals surface area contributed by atoms with Gasteiger partial charge in [-0.1, -0.05) is 66.0 Å². The topological polar surface area (TPSA) is 51.7 Å². The van der Waals surface area contributed by atoms with Crippen molar-refractivity contribution < 1.29 is 10.6 Å². The van der Waals surface area contributed by atoms with E-state index in [1.165, 1.54) is 57.8 Å². The van der Waals surface area contributed by atoms with Crippen LogP contribution in [0.4, 0.5) is 0 Å². The van der Waals surface area contributed by atoms with Crippen molar-refractivity contribution in [3.8, 4) is 0 Å². The van der Waals surface area contributed by atoms with Gasteiger partial charge in [-0.3, -0.25) is 0 Å². The van der Waals surface area contributed by atoms with Crippen molar-refractivity contribution in [1.82, 2.24) is 0 Å². The first-order chi connectivity index (χ1) is 14.2. The molecule has 3 N–H and O–H groups in total. The van der Waals surface area contributed by atoms with Gasteiger partial charge in [0.2, 0.25) is 0 Å². The van der Waals surface area contributed by atoms with E-state index in [9.17, 15) is 5.11 Å². The summed E-state index contributed by atoms with van der Waals surface area (Å²) < 4.78 is 0. The van der Waals surface area contributed by atoms with Crippen LogP contribution in [0, 0.1) is 52.3 Å². The minimum atomic E-state index is -0.0794. The molecule has 0 heterocycles. The lowest BCUT2D eigenvalue weighted by molar-refractivity contribution is -0.0575. The van der Waals surface area contributed by atoms with Gasteiger partial charge in [-0.25, -0.2) is 0 Å². The molecule has 4 aliphatic carbocycles. The first kappa shape index (κ1) is 25.3. The largest absolute Gasteiger partial charge is 0.412 e. The molecule has 4 rings (SSSR count). The molecule has 0 aromatic carbocycles. The third kappa shape index (κ3) is 4.30. The summed E-state index contributed by atoms with van der Waals surface area (Å²) in [6.07, 6.45) is 17.1. The molecule has 31 heavy (non-hydrogen) atoms. The Morgan fingerprint density at radius 2 is 1.74 bits per heavy atom. The van der Waals surface area contributed by atoms with Crippen molar-refractivity contribution in [3.05, 3.63) is 11.6 Å². The third-order valence-corrected chi connectivity index (χ3v) is 11.3. The van der Waals surface area contributed by atoms with Crippen LogP contribution in [0.5, 0.6) is 0 Å². The summed E-state index contributed by atoms with van der Waals surface area (Å²) in [6, 6.07) is 0. The molecule has 0 amide bonds. The van der Waals surface area contributed by atoms with E-state index in [0.717, 1.165) is 54.3 Å². The van der Waals surface area contributed by atoms with Crippen LogP contribution in [0.3, 0.4) is 0 Å². The van der Waals surface area contributed by atoms with Crippen LogP contribution < -0.4 is 0 Å². The summed E-state index contributed by atoms with van der Waals surface area (Å²) in [5.74, 6) is 6.31. The van der Waals surface area contributed by atoms with Crippen LogP contribution >= 0.6 is 0 Å². The molecule has 0 radical (unpaired) electrons. The number of hydrogen-bond acceptors (Lipinski definition) is 1. The number of aliphatic hydroxyl groups excluding tert-OH is 1. The molecule has 180 valence electrons. The predicted molar refractivity (Wildman–Crippen MR) is 132 cm³/mol. The molecule has 0 aliphatic heterocycles. The Morgan fingerprint density at radius 1 is 1.00 bits per heavy atom. The number of fused-ring (bicyclic) bond motifs is 5. The first-order valence-electron chi connectivity index (χ1n) is 13.6. The average molecular weight is 433 g/mol. The quantitative estimate of drug-likeness (QED) is 0.443. The van der Waals surface area contributed by atoms with Crippen LogP contribution in [0.25, 0.3) is 0 Å². The predicted octanol–water partition coefficient (Wildman–Crippen LogP) is 7.20. The van der Waals surface area contributed by atoms with Gasteiger partial charge in [0.15, 0.2) is 0 Å². The van der Waals surface area contributed by atoms with Crippen LogP contribution in [0.1, 0.15) is 112 Å². The molecule has 0 bridgehead atoms. The number of rotatable bonds is 6. The Kier molecular flexibility index (Phi) is 7.74. The fraction of sp³-hybridized carbons (Fsp3) is 0.931. The molecule has 0 aromatic heterocycles. The third-order valence-electron chi connectivity index (χ3n) is 11.3. The molecular formula is C29H52O2. The Balaban J connectivity index is 0.00000272. The summed E-state index contributed by atoms with van der Waals surface area (Å²) in [5.41, 5.74) is 2.59. The number of hydrogen-bond donors (Lipinski definition) is 1. The molecular weight excluding hydrogens is 380 g/mol. The fourth-order valence-electron chi connectivity index (χ4n) is 9.30. The molecule has 3 saturated carbocycles. The van der Waals surface area contributed by atoms with Crippen LogP contribution in [-0.2, 0) is 0 Å². The van der Waals surface area contributed by atoms with Gasteiger partial charge >= 0.3 is 0 Å². The van der Waals surface area contributed by atoms with Gasteiger partial charge in [-0.15, -0.1) is 0 Å². The maximum atomic E-state index is 10.2. The van der Waals surface area contributed by atoms with Gasteiger partial charge in [-0.2, -0.15) is 0 Å². The van der Waals surface area contributed by atoms with Crippen molar-refractivity contribution in [1.29, 1.82) is 0 Å². The van der Waals surface area contributed by atoms with Crippen LogP contribution in [0.15, 0.2) is 11.6 Å².